The lowest BCUT2D eigenvalue weighted by atomic mass is 9.96. The Morgan fingerprint density at radius 2 is 1.97 bits per heavy atom. The molecule has 184 valence electrons. The first-order valence-electron chi connectivity index (χ1n) is 11.8. The van der Waals surface area contributed by atoms with Crippen molar-refractivity contribution in [1.82, 2.24) is 14.5 Å². The van der Waals surface area contributed by atoms with Crippen LogP contribution in [0.5, 0.6) is 0 Å². The number of halogens is 1. The number of aryl methyl sites for hydroxylation is 1. The molecule has 0 spiro atoms. The lowest BCUT2D eigenvalue weighted by molar-refractivity contribution is -0.134. The van der Waals surface area contributed by atoms with Crippen LogP contribution in [0.15, 0.2) is 34.2 Å². The number of hydrogen-bond acceptors (Lipinski definition) is 5. The van der Waals surface area contributed by atoms with E-state index in [0.717, 1.165) is 29.9 Å². The molecule has 2 aromatic rings. The smallest absolute Gasteiger partial charge is 0.257 e. The summed E-state index contributed by atoms with van der Waals surface area (Å²) in [6.07, 6.45) is 4.63. The van der Waals surface area contributed by atoms with E-state index < -0.39 is 0 Å². The third-order valence-corrected chi connectivity index (χ3v) is 7.65. The van der Waals surface area contributed by atoms with Gasteiger partial charge in [0.25, 0.3) is 5.56 Å². The molecule has 9 heteroatoms. The maximum Gasteiger partial charge on any atom is 0.257 e. The van der Waals surface area contributed by atoms with Crippen molar-refractivity contribution in [2.45, 2.75) is 57.0 Å². The number of likely N-dealkylation sites (tertiary alicyclic amines) is 1. The predicted octanol–water partition coefficient (Wildman–Crippen LogP) is 3.57. The fourth-order valence-electron chi connectivity index (χ4n) is 4.23. The summed E-state index contributed by atoms with van der Waals surface area (Å²) < 4.78 is 1.62. The first kappa shape index (κ1) is 26.3. The second-order valence-corrected chi connectivity index (χ2v) is 10.2. The van der Waals surface area contributed by atoms with Gasteiger partial charge in [0, 0.05) is 55.2 Å². The van der Waals surface area contributed by atoms with E-state index in [-0.39, 0.29) is 23.3 Å². The minimum Gasteiger partial charge on any atom is -0.369 e. The highest BCUT2D eigenvalue weighted by molar-refractivity contribution is 7.99. The van der Waals surface area contributed by atoms with Crippen molar-refractivity contribution in [2.24, 2.45) is 18.7 Å². The van der Waals surface area contributed by atoms with Gasteiger partial charge in [-0.25, -0.2) is 4.98 Å². The third kappa shape index (κ3) is 6.85. The SMILES string of the molecule is CCc1nc(SCCCCC(=O)N2CCC(C(N)=O)CC2)n(C)c(=O)c1Cc1cccc(Cl)c1. The van der Waals surface area contributed by atoms with E-state index in [2.05, 4.69) is 0 Å². The number of unbranched alkanes of at least 4 members (excludes halogenated alkanes) is 1. The van der Waals surface area contributed by atoms with Gasteiger partial charge in [0.15, 0.2) is 5.16 Å². The molecule has 3 rings (SSSR count). The lowest BCUT2D eigenvalue weighted by Crippen LogP contribution is -2.41. The standard InChI is InChI=1S/C25H33ClN4O3S/c1-3-21-20(16-17-7-6-8-19(26)15-17)24(33)29(2)25(28-21)34-14-5-4-9-22(31)30-12-10-18(11-13-30)23(27)32/h6-8,15,18H,3-5,9-14,16H2,1-2H3,(H2,27,32). The van der Waals surface area contributed by atoms with E-state index in [1.165, 1.54) is 0 Å². The minimum atomic E-state index is -0.268. The molecule has 2 amide bonds. The Morgan fingerprint density at radius 1 is 1.24 bits per heavy atom. The Kier molecular flexibility index (Phi) is 9.59. The normalized spacial score (nSPS) is 14.4. The zero-order valence-electron chi connectivity index (χ0n) is 19.9. The Labute approximate surface area is 210 Å². The highest BCUT2D eigenvalue weighted by atomic mass is 35.5. The number of rotatable bonds is 10. The van der Waals surface area contributed by atoms with Gasteiger partial charge in [0.1, 0.15) is 0 Å². The van der Waals surface area contributed by atoms with Gasteiger partial charge in [-0.1, -0.05) is 42.4 Å². The average Bonchev–Trinajstić information content (AvgIpc) is 2.83. The molecule has 0 unspecified atom stereocenters. The van der Waals surface area contributed by atoms with Gasteiger partial charge in [0.2, 0.25) is 11.8 Å². The Hall–Kier alpha value is -2.32. The molecule has 0 bridgehead atoms. The van der Waals surface area contributed by atoms with Crippen LogP contribution in [0.2, 0.25) is 5.02 Å². The van der Waals surface area contributed by atoms with Gasteiger partial charge in [-0.3, -0.25) is 19.0 Å². The summed E-state index contributed by atoms with van der Waals surface area (Å²) in [6, 6.07) is 7.56. The minimum absolute atomic E-state index is 0.0242. The van der Waals surface area contributed by atoms with Crippen molar-refractivity contribution in [3.63, 3.8) is 0 Å². The van der Waals surface area contributed by atoms with E-state index >= 15 is 0 Å². The van der Waals surface area contributed by atoms with E-state index in [4.69, 9.17) is 22.3 Å². The van der Waals surface area contributed by atoms with Crippen LogP contribution in [0, 0.1) is 5.92 Å². The quantitative estimate of drug-likeness (QED) is 0.303. The molecule has 0 radical (unpaired) electrons. The number of amides is 2. The molecule has 1 aliphatic heterocycles. The second kappa shape index (κ2) is 12.4. The summed E-state index contributed by atoms with van der Waals surface area (Å²) in [7, 11) is 1.76. The van der Waals surface area contributed by atoms with Gasteiger partial charge in [0.05, 0.1) is 5.69 Å². The largest absolute Gasteiger partial charge is 0.369 e. The first-order valence-corrected chi connectivity index (χ1v) is 13.2. The summed E-state index contributed by atoms with van der Waals surface area (Å²) in [4.78, 5) is 43.4. The Balaban J connectivity index is 1.51. The molecule has 34 heavy (non-hydrogen) atoms. The molecule has 0 saturated carbocycles. The maximum absolute atomic E-state index is 13.1. The van der Waals surface area contributed by atoms with Crippen molar-refractivity contribution < 1.29 is 9.59 Å². The Bertz CT molecular complexity index is 1080. The van der Waals surface area contributed by atoms with Crippen LogP contribution >= 0.6 is 23.4 Å². The van der Waals surface area contributed by atoms with Gasteiger partial charge < -0.3 is 10.6 Å². The molecule has 1 aromatic carbocycles. The number of primary amides is 1. The molecule has 0 aliphatic carbocycles. The van der Waals surface area contributed by atoms with Crippen molar-refractivity contribution in [1.29, 1.82) is 0 Å². The van der Waals surface area contributed by atoms with Crippen LogP contribution < -0.4 is 11.3 Å². The molecule has 1 aliphatic rings. The maximum atomic E-state index is 13.1. The zero-order valence-corrected chi connectivity index (χ0v) is 21.5. The number of aromatic nitrogens is 2. The van der Waals surface area contributed by atoms with Crippen LogP contribution in [0.3, 0.4) is 0 Å². The number of carbonyl (C=O) groups is 2. The summed E-state index contributed by atoms with van der Waals surface area (Å²) in [5.41, 5.74) is 7.86. The van der Waals surface area contributed by atoms with E-state index in [1.807, 2.05) is 36.1 Å². The molecular weight excluding hydrogens is 472 g/mol. The highest BCUT2D eigenvalue weighted by Crippen LogP contribution is 2.21. The number of hydrogen-bond donors (Lipinski definition) is 1. The van der Waals surface area contributed by atoms with Gasteiger partial charge in [-0.15, -0.1) is 0 Å². The number of piperidine rings is 1. The van der Waals surface area contributed by atoms with Crippen LogP contribution in [0.4, 0.5) is 0 Å². The molecular formula is C25H33ClN4O3S. The topological polar surface area (TPSA) is 98.3 Å². The van der Waals surface area contributed by atoms with E-state index in [1.54, 1.807) is 23.4 Å². The molecule has 1 saturated heterocycles. The summed E-state index contributed by atoms with van der Waals surface area (Å²) in [6.45, 7) is 3.22. The summed E-state index contributed by atoms with van der Waals surface area (Å²) in [5.74, 6) is 0.547. The fraction of sp³-hybridized carbons (Fsp3) is 0.520. The first-order chi connectivity index (χ1) is 16.3. The second-order valence-electron chi connectivity index (χ2n) is 8.71. The third-order valence-electron chi connectivity index (χ3n) is 6.30. The van der Waals surface area contributed by atoms with Crippen molar-refractivity contribution in [3.05, 3.63) is 56.5 Å². The van der Waals surface area contributed by atoms with Crippen LogP contribution in [0.1, 0.15) is 55.8 Å². The summed E-state index contributed by atoms with van der Waals surface area (Å²) in [5, 5.41) is 1.36. The van der Waals surface area contributed by atoms with Crippen molar-refractivity contribution in [3.8, 4) is 0 Å². The molecule has 1 fully saturated rings. The van der Waals surface area contributed by atoms with Gasteiger partial charge in [-0.2, -0.15) is 0 Å². The zero-order chi connectivity index (χ0) is 24.7. The molecule has 7 nitrogen and oxygen atoms in total. The molecule has 2 heterocycles. The number of carbonyl (C=O) groups excluding carboxylic acids is 2. The van der Waals surface area contributed by atoms with E-state index in [0.29, 0.717) is 60.9 Å². The highest BCUT2D eigenvalue weighted by Gasteiger charge is 2.25. The number of benzene rings is 1. The fourth-order valence-corrected chi connectivity index (χ4v) is 5.43. The van der Waals surface area contributed by atoms with E-state index in [9.17, 15) is 14.4 Å². The predicted molar refractivity (Wildman–Crippen MR) is 136 cm³/mol. The molecule has 2 N–H and O–H groups in total. The van der Waals surface area contributed by atoms with Crippen molar-refractivity contribution in [2.75, 3.05) is 18.8 Å². The van der Waals surface area contributed by atoms with Crippen LogP contribution in [0.25, 0.3) is 0 Å². The van der Waals surface area contributed by atoms with Crippen LogP contribution in [-0.4, -0.2) is 45.1 Å². The number of thioether (sulfide) groups is 1. The van der Waals surface area contributed by atoms with Crippen LogP contribution in [-0.2, 0) is 29.5 Å². The molecule has 0 atom stereocenters. The average molecular weight is 505 g/mol. The monoisotopic (exact) mass is 504 g/mol. The Morgan fingerprint density at radius 3 is 2.62 bits per heavy atom. The van der Waals surface area contributed by atoms with Gasteiger partial charge >= 0.3 is 0 Å². The van der Waals surface area contributed by atoms with Gasteiger partial charge in [-0.05, 0) is 49.8 Å². The summed E-state index contributed by atoms with van der Waals surface area (Å²) >= 11 is 7.66. The molecule has 1 aromatic heterocycles. The number of nitrogens with two attached hydrogens (primary N) is 1. The lowest BCUT2D eigenvalue weighted by Gasteiger charge is -2.30. The van der Waals surface area contributed by atoms with Crippen molar-refractivity contribution >= 4 is 35.2 Å². The number of nitrogens with zero attached hydrogens (tertiary/aromatic N) is 3.